The van der Waals surface area contributed by atoms with Gasteiger partial charge in [-0.3, -0.25) is 4.79 Å². The Bertz CT molecular complexity index is 297. The van der Waals surface area contributed by atoms with E-state index < -0.39 is 18.0 Å². The Kier molecular flexibility index (Phi) is 5.64. The Hall–Kier alpha value is -0.780. The normalized spacial score (nSPS) is 21.2. The third kappa shape index (κ3) is 5.38. The summed E-state index contributed by atoms with van der Waals surface area (Å²) in [5.74, 6) is 0.0900. The Morgan fingerprint density at radius 1 is 1.37 bits per heavy atom. The van der Waals surface area contributed by atoms with E-state index in [1.165, 1.54) is 0 Å². The second-order valence-electron chi connectivity index (χ2n) is 5.74. The van der Waals surface area contributed by atoms with Crippen molar-refractivity contribution in [2.24, 2.45) is 11.3 Å². The summed E-state index contributed by atoms with van der Waals surface area (Å²) in [5, 5.41) is 5.88. The number of hydrogen-bond donors (Lipinski definition) is 2. The largest absolute Gasteiger partial charge is 0.389 e. The second kappa shape index (κ2) is 6.59. The number of amides is 1. The van der Waals surface area contributed by atoms with Crippen LogP contribution >= 0.6 is 0 Å². The fourth-order valence-electron chi connectivity index (χ4n) is 2.37. The highest BCUT2D eigenvalue weighted by molar-refractivity contribution is 5.82. The van der Waals surface area contributed by atoms with Gasteiger partial charge in [-0.2, -0.15) is 13.2 Å². The molecule has 112 valence electrons. The lowest BCUT2D eigenvalue weighted by atomic mass is 9.74. The summed E-state index contributed by atoms with van der Waals surface area (Å²) in [6, 6.07) is 0. The van der Waals surface area contributed by atoms with Crippen LogP contribution in [-0.2, 0) is 4.79 Å². The summed E-state index contributed by atoms with van der Waals surface area (Å²) in [7, 11) is 0. The smallest absolute Gasteiger partial charge is 0.356 e. The van der Waals surface area contributed by atoms with Crippen molar-refractivity contribution in [2.45, 2.75) is 45.7 Å². The summed E-state index contributed by atoms with van der Waals surface area (Å²) in [6.07, 6.45) is -3.04. The van der Waals surface area contributed by atoms with Crippen molar-refractivity contribution in [1.82, 2.24) is 10.6 Å². The molecule has 1 aliphatic rings. The van der Waals surface area contributed by atoms with Crippen LogP contribution in [0.15, 0.2) is 0 Å². The zero-order valence-electron chi connectivity index (χ0n) is 11.6. The minimum Gasteiger partial charge on any atom is -0.356 e. The average molecular weight is 280 g/mol. The first kappa shape index (κ1) is 16.3. The van der Waals surface area contributed by atoms with Gasteiger partial charge in [-0.15, -0.1) is 0 Å². The molecule has 1 rings (SSSR count). The third-order valence-electron chi connectivity index (χ3n) is 3.83. The van der Waals surface area contributed by atoms with Crippen LogP contribution in [-0.4, -0.2) is 31.7 Å². The molecule has 3 nitrogen and oxygen atoms in total. The van der Waals surface area contributed by atoms with Gasteiger partial charge in [0.05, 0.1) is 0 Å². The molecular formula is C13H23F3N2O. The van der Waals surface area contributed by atoms with Gasteiger partial charge in [-0.25, -0.2) is 0 Å². The third-order valence-corrected chi connectivity index (χ3v) is 3.83. The van der Waals surface area contributed by atoms with E-state index >= 15 is 0 Å². The molecule has 2 N–H and O–H groups in total. The highest BCUT2D eigenvalue weighted by Crippen LogP contribution is 2.32. The fourth-order valence-corrected chi connectivity index (χ4v) is 2.37. The lowest BCUT2D eigenvalue weighted by Crippen LogP contribution is -2.47. The van der Waals surface area contributed by atoms with E-state index in [1.807, 2.05) is 13.8 Å². The molecule has 0 aromatic heterocycles. The predicted octanol–water partition coefficient (Wildman–Crippen LogP) is 2.47. The molecule has 1 fully saturated rings. The number of piperidine rings is 1. The standard InChI is InChI=1S/C13H23F3N2O/c1-12(2,10-5-3-7-17-9-10)11(19)18-8-4-6-13(14,15)16/h10,17H,3-9H2,1-2H3,(H,18,19). The van der Waals surface area contributed by atoms with Crippen LogP contribution in [0.5, 0.6) is 0 Å². The van der Waals surface area contributed by atoms with Crippen LogP contribution in [0.3, 0.4) is 0 Å². The maximum Gasteiger partial charge on any atom is 0.389 e. The maximum atomic E-state index is 12.1. The van der Waals surface area contributed by atoms with Crippen molar-refractivity contribution in [3.63, 3.8) is 0 Å². The molecule has 0 aliphatic carbocycles. The topological polar surface area (TPSA) is 41.1 Å². The van der Waals surface area contributed by atoms with Crippen LogP contribution in [0.1, 0.15) is 39.5 Å². The van der Waals surface area contributed by atoms with Crippen molar-refractivity contribution in [3.8, 4) is 0 Å². The van der Waals surface area contributed by atoms with Crippen molar-refractivity contribution in [3.05, 3.63) is 0 Å². The van der Waals surface area contributed by atoms with E-state index in [-0.39, 0.29) is 24.8 Å². The zero-order valence-corrected chi connectivity index (χ0v) is 11.6. The van der Waals surface area contributed by atoms with Crippen LogP contribution < -0.4 is 10.6 Å². The van der Waals surface area contributed by atoms with Gasteiger partial charge in [0.25, 0.3) is 0 Å². The van der Waals surface area contributed by atoms with E-state index in [9.17, 15) is 18.0 Å². The molecule has 1 aliphatic heterocycles. The fraction of sp³-hybridized carbons (Fsp3) is 0.923. The van der Waals surface area contributed by atoms with E-state index in [1.54, 1.807) is 0 Å². The molecule has 0 radical (unpaired) electrons. The van der Waals surface area contributed by atoms with Crippen molar-refractivity contribution < 1.29 is 18.0 Å². The summed E-state index contributed by atoms with van der Waals surface area (Å²) < 4.78 is 36.0. The first-order chi connectivity index (χ1) is 8.73. The highest BCUT2D eigenvalue weighted by Gasteiger charge is 2.37. The van der Waals surface area contributed by atoms with E-state index in [4.69, 9.17) is 0 Å². The maximum absolute atomic E-state index is 12.1. The summed E-state index contributed by atoms with van der Waals surface area (Å²) >= 11 is 0. The molecule has 1 amide bonds. The highest BCUT2D eigenvalue weighted by atomic mass is 19.4. The minimum atomic E-state index is -4.15. The van der Waals surface area contributed by atoms with E-state index in [0.717, 1.165) is 25.9 Å². The van der Waals surface area contributed by atoms with Gasteiger partial charge in [0.2, 0.25) is 5.91 Å². The molecule has 1 heterocycles. The Balaban J connectivity index is 2.34. The number of nitrogens with one attached hydrogen (secondary N) is 2. The molecule has 0 spiro atoms. The molecule has 1 unspecified atom stereocenters. The first-order valence-electron chi connectivity index (χ1n) is 6.79. The quantitative estimate of drug-likeness (QED) is 0.760. The predicted molar refractivity (Wildman–Crippen MR) is 67.7 cm³/mol. The molecule has 19 heavy (non-hydrogen) atoms. The number of carbonyl (C=O) groups excluding carboxylic acids is 1. The van der Waals surface area contributed by atoms with Gasteiger partial charge in [0.15, 0.2) is 0 Å². The number of rotatable bonds is 5. The Morgan fingerprint density at radius 3 is 2.58 bits per heavy atom. The molecular weight excluding hydrogens is 257 g/mol. The van der Waals surface area contributed by atoms with E-state index in [0.29, 0.717) is 0 Å². The monoisotopic (exact) mass is 280 g/mol. The van der Waals surface area contributed by atoms with Crippen molar-refractivity contribution in [2.75, 3.05) is 19.6 Å². The van der Waals surface area contributed by atoms with Gasteiger partial charge in [0, 0.05) is 18.4 Å². The summed E-state index contributed by atoms with van der Waals surface area (Å²) in [6.45, 7) is 5.58. The SMILES string of the molecule is CC(C)(C(=O)NCCCC(F)(F)F)C1CCCNC1. The minimum absolute atomic E-state index is 0.0613. The van der Waals surface area contributed by atoms with Crippen molar-refractivity contribution in [1.29, 1.82) is 0 Å². The van der Waals surface area contributed by atoms with E-state index in [2.05, 4.69) is 10.6 Å². The first-order valence-corrected chi connectivity index (χ1v) is 6.79. The number of hydrogen-bond acceptors (Lipinski definition) is 2. The molecule has 0 aromatic rings. The Morgan fingerprint density at radius 2 is 2.05 bits per heavy atom. The average Bonchev–Trinajstić information content (AvgIpc) is 2.34. The summed E-state index contributed by atoms with van der Waals surface area (Å²) in [5.41, 5.74) is -0.536. The second-order valence-corrected chi connectivity index (χ2v) is 5.74. The lowest BCUT2D eigenvalue weighted by molar-refractivity contribution is -0.138. The van der Waals surface area contributed by atoms with Gasteiger partial charge in [0.1, 0.15) is 0 Å². The number of carbonyl (C=O) groups is 1. The van der Waals surface area contributed by atoms with Crippen molar-refractivity contribution >= 4 is 5.91 Å². The van der Waals surface area contributed by atoms with Gasteiger partial charge >= 0.3 is 6.18 Å². The molecule has 0 saturated carbocycles. The van der Waals surface area contributed by atoms with Crippen LogP contribution in [0.4, 0.5) is 13.2 Å². The lowest BCUT2D eigenvalue weighted by Gasteiger charge is -2.36. The Labute approximate surface area is 112 Å². The number of halogens is 3. The van der Waals surface area contributed by atoms with Gasteiger partial charge in [-0.1, -0.05) is 13.8 Å². The van der Waals surface area contributed by atoms with Gasteiger partial charge < -0.3 is 10.6 Å². The van der Waals surface area contributed by atoms with Gasteiger partial charge in [-0.05, 0) is 38.3 Å². The van der Waals surface area contributed by atoms with Crippen LogP contribution in [0.2, 0.25) is 0 Å². The van der Waals surface area contributed by atoms with Crippen LogP contribution in [0.25, 0.3) is 0 Å². The number of alkyl halides is 3. The zero-order chi connectivity index (χ0) is 14.5. The molecule has 6 heteroatoms. The molecule has 0 bridgehead atoms. The molecule has 1 saturated heterocycles. The van der Waals surface area contributed by atoms with Crippen LogP contribution in [0, 0.1) is 11.3 Å². The summed E-state index contributed by atoms with van der Waals surface area (Å²) in [4.78, 5) is 12.1. The molecule has 0 aromatic carbocycles. The molecule has 1 atom stereocenters.